The number of methoxy groups -OCH3 is 2. The van der Waals surface area contributed by atoms with Crippen LogP contribution in [0, 0.1) is 35.5 Å². The van der Waals surface area contributed by atoms with Crippen molar-refractivity contribution in [3.8, 4) is 0 Å². The van der Waals surface area contributed by atoms with Crippen LogP contribution in [0.2, 0.25) is 0 Å². The van der Waals surface area contributed by atoms with Crippen molar-refractivity contribution in [2.24, 2.45) is 35.5 Å². The molecule has 0 spiro atoms. The number of fused-ring (bicyclic) bond motifs is 5. The maximum atomic E-state index is 14.7. The van der Waals surface area contributed by atoms with Gasteiger partial charge in [0.15, 0.2) is 18.4 Å². The van der Waals surface area contributed by atoms with Crippen molar-refractivity contribution < 1.29 is 42.7 Å². The molecule has 0 aromatic carbocycles. The summed E-state index contributed by atoms with van der Waals surface area (Å²) in [6.45, 7) is 10.5. The highest BCUT2D eigenvalue weighted by atomic mass is 16.7. The molecule has 4 fully saturated rings. The van der Waals surface area contributed by atoms with E-state index in [0.717, 1.165) is 63.4 Å². The predicted octanol–water partition coefficient (Wildman–Crippen LogP) is 6.25. The summed E-state index contributed by atoms with van der Waals surface area (Å²) in [4.78, 5) is 30.4. The van der Waals surface area contributed by atoms with Crippen LogP contribution in [-0.2, 0) is 42.7 Å². The van der Waals surface area contributed by atoms with Crippen LogP contribution in [0.3, 0.4) is 0 Å². The first-order valence-electron chi connectivity index (χ1n) is 19.9. The van der Waals surface area contributed by atoms with Crippen LogP contribution in [0.4, 0.5) is 0 Å². The molecule has 16 atom stereocenters. The molecule has 6 rings (SSSR count). The van der Waals surface area contributed by atoms with Gasteiger partial charge in [-0.25, -0.2) is 0 Å². The Bertz CT molecular complexity index is 1280. The lowest BCUT2D eigenvalue weighted by atomic mass is 9.67. The fraction of sp³-hybridized carbons (Fsp3) is 0.854. The molecule has 0 N–H and O–H groups in total. The van der Waals surface area contributed by atoms with Crippen molar-refractivity contribution in [2.75, 3.05) is 28.3 Å². The minimum absolute atomic E-state index is 0.00807. The van der Waals surface area contributed by atoms with Crippen LogP contribution in [0.5, 0.6) is 0 Å². The molecule has 3 aliphatic heterocycles. The lowest BCUT2D eigenvalue weighted by Gasteiger charge is -2.40. The highest BCUT2D eigenvalue weighted by Gasteiger charge is 2.52. The SMILES string of the molecule is CC[C@@H]1CCC[C@H](O[C@H]2CC[C@H](N(C)C)[C@@H](C)O2)[C@H](C)C(=O)C2=C[C@@H]3[C@@H](C=C(C)[C@@H]4C[C@@H](O[C@@H]5O[C@@H](C)[C@H](OC)C[C@H]5OC)C[C@@H]34)[C@@H]2CC(=O)O1. The molecule has 10 nitrogen and oxygen atoms in total. The molecule has 1 saturated carbocycles. The van der Waals surface area contributed by atoms with Crippen molar-refractivity contribution >= 4 is 11.8 Å². The van der Waals surface area contributed by atoms with E-state index in [1.54, 1.807) is 14.2 Å². The number of Topliss-reactive ketones (excluding diaryl/α,β-unsaturated/α-hetero) is 1. The number of nitrogens with zero attached hydrogens (tertiary/aromatic N) is 1. The predicted molar refractivity (Wildman–Crippen MR) is 193 cm³/mol. The Balaban J connectivity index is 1.22. The van der Waals surface area contributed by atoms with Crippen LogP contribution >= 0.6 is 0 Å². The summed E-state index contributed by atoms with van der Waals surface area (Å²) in [5, 5.41) is 0. The van der Waals surface area contributed by atoms with Gasteiger partial charge in [0.25, 0.3) is 0 Å². The first-order valence-corrected chi connectivity index (χ1v) is 19.9. The van der Waals surface area contributed by atoms with Crippen molar-refractivity contribution in [1.29, 1.82) is 0 Å². The first-order chi connectivity index (χ1) is 24.4. The van der Waals surface area contributed by atoms with Crippen molar-refractivity contribution in [2.45, 2.75) is 160 Å². The van der Waals surface area contributed by atoms with Gasteiger partial charge in [-0.2, -0.15) is 0 Å². The second-order valence-electron chi connectivity index (χ2n) is 16.6. The monoisotopic (exact) mass is 715 g/mol. The maximum Gasteiger partial charge on any atom is 0.306 e. The number of hydrogen-bond donors (Lipinski definition) is 0. The third-order valence-electron chi connectivity index (χ3n) is 13.4. The third-order valence-corrected chi connectivity index (χ3v) is 13.4. The van der Waals surface area contributed by atoms with Gasteiger partial charge in [0.1, 0.15) is 12.2 Å². The van der Waals surface area contributed by atoms with E-state index < -0.39 is 6.29 Å². The van der Waals surface area contributed by atoms with Crippen LogP contribution in [0.25, 0.3) is 0 Å². The summed E-state index contributed by atoms with van der Waals surface area (Å²) in [5.41, 5.74) is 2.11. The van der Waals surface area contributed by atoms with Gasteiger partial charge in [-0.1, -0.05) is 31.6 Å². The molecule has 0 aromatic heterocycles. The van der Waals surface area contributed by atoms with Crippen molar-refractivity contribution in [3.05, 3.63) is 23.3 Å². The largest absolute Gasteiger partial charge is 0.462 e. The molecule has 0 unspecified atom stereocenters. The summed E-state index contributed by atoms with van der Waals surface area (Å²) in [7, 11) is 7.60. The number of rotatable bonds is 8. The number of esters is 1. The Morgan fingerprint density at radius 2 is 1.59 bits per heavy atom. The second kappa shape index (κ2) is 16.8. The molecule has 6 aliphatic rings. The van der Waals surface area contributed by atoms with E-state index in [1.165, 1.54) is 5.57 Å². The summed E-state index contributed by atoms with van der Waals surface area (Å²) in [6.07, 6.45) is 10.7. The molecule has 288 valence electrons. The molecule has 0 radical (unpaired) electrons. The van der Waals surface area contributed by atoms with Gasteiger partial charge in [0, 0.05) is 38.5 Å². The zero-order chi connectivity index (χ0) is 36.6. The Hall–Kier alpha value is -1.66. The lowest BCUT2D eigenvalue weighted by Crippen LogP contribution is -2.49. The summed E-state index contributed by atoms with van der Waals surface area (Å²) >= 11 is 0. The topological polar surface area (TPSA) is 102 Å². The van der Waals surface area contributed by atoms with Gasteiger partial charge in [-0.3, -0.25) is 9.59 Å². The van der Waals surface area contributed by atoms with E-state index in [4.69, 9.17) is 33.2 Å². The van der Waals surface area contributed by atoms with Gasteiger partial charge in [-0.15, -0.1) is 0 Å². The number of likely N-dealkylation sites (N-methyl/N-ethyl adjacent to an activating group) is 1. The zero-order valence-corrected chi connectivity index (χ0v) is 32.6. The zero-order valence-electron chi connectivity index (χ0n) is 32.6. The summed E-state index contributed by atoms with van der Waals surface area (Å²) < 4.78 is 43.6. The van der Waals surface area contributed by atoms with Gasteiger partial charge in [0.2, 0.25) is 0 Å². The molecule has 0 aromatic rings. The Kier molecular flexibility index (Phi) is 12.8. The highest BCUT2D eigenvalue weighted by molar-refractivity contribution is 5.99. The average Bonchev–Trinajstić information content (AvgIpc) is 3.68. The van der Waals surface area contributed by atoms with E-state index >= 15 is 0 Å². The Morgan fingerprint density at radius 3 is 2.27 bits per heavy atom. The number of ether oxygens (including phenoxy) is 7. The standard InChI is InChI=1S/C41H65NO9/c1-10-26-12-11-13-35(51-39-15-14-34(42(6)7)24(4)47-39)23(3)40(44)33-19-31-29(32(33)20-38(43)49-26)16-22(2)28-17-27(18-30(28)31)50-41-37(46-9)21-36(45-8)25(5)48-41/h16,19,23-32,34-37,39,41H,10-15,17-18,20-21H2,1-9H3/t23-,24+,25-,26+,27+,28-,29+,30+,31+,32-,34-,35-,36+,37+,39-,41-/m0/s1. The Morgan fingerprint density at radius 1 is 0.824 bits per heavy atom. The first kappa shape index (κ1) is 39.0. The molecule has 0 bridgehead atoms. The average molecular weight is 716 g/mol. The van der Waals surface area contributed by atoms with Crippen LogP contribution < -0.4 is 0 Å². The number of allylic oxidation sites excluding steroid dienone is 4. The smallest absolute Gasteiger partial charge is 0.306 e. The van der Waals surface area contributed by atoms with Gasteiger partial charge < -0.3 is 38.1 Å². The van der Waals surface area contributed by atoms with E-state index in [-0.39, 0.29) is 90.9 Å². The van der Waals surface area contributed by atoms with Crippen molar-refractivity contribution in [3.63, 3.8) is 0 Å². The number of carbonyl (C=O) groups is 2. The van der Waals surface area contributed by atoms with Gasteiger partial charge in [-0.05, 0) is 115 Å². The van der Waals surface area contributed by atoms with E-state index in [2.05, 4.69) is 51.9 Å². The normalized spacial score (nSPS) is 45.1. The van der Waals surface area contributed by atoms with E-state index in [1.807, 2.05) is 13.8 Å². The van der Waals surface area contributed by atoms with Crippen LogP contribution in [0.1, 0.15) is 98.8 Å². The number of ketones is 1. The molecule has 0 amide bonds. The summed E-state index contributed by atoms with van der Waals surface area (Å²) in [5.74, 6) is 0.203. The minimum Gasteiger partial charge on any atom is -0.462 e. The third kappa shape index (κ3) is 8.37. The lowest BCUT2D eigenvalue weighted by molar-refractivity contribution is -0.281. The van der Waals surface area contributed by atoms with Gasteiger partial charge in [0.05, 0.1) is 36.9 Å². The molecule has 3 heterocycles. The number of cyclic esters (lactones) is 1. The molecular weight excluding hydrogens is 650 g/mol. The highest BCUT2D eigenvalue weighted by Crippen LogP contribution is 2.56. The van der Waals surface area contributed by atoms with Crippen LogP contribution in [0.15, 0.2) is 23.3 Å². The maximum absolute atomic E-state index is 14.7. The minimum atomic E-state index is -0.455. The molecule has 3 saturated heterocycles. The summed E-state index contributed by atoms with van der Waals surface area (Å²) in [6, 6.07) is 0.344. The second-order valence-corrected chi connectivity index (χ2v) is 16.6. The molecular formula is C41H65NO9. The fourth-order valence-electron chi connectivity index (χ4n) is 10.4. The quantitative estimate of drug-likeness (QED) is 0.212. The Labute approximate surface area is 306 Å². The molecule has 3 aliphatic carbocycles. The fourth-order valence-corrected chi connectivity index (χ4v) is 10.4. The molecule has 51 heavy (non-hydrogen) atoms. The van der Waals surface area contributed by atoms with Gasteiger partial charge >= 0.3 is 5.97 Å². The van der Waals surface area contributed by atoms with Crippen LogP contribution in [-0.4, -0.2) is 106 Å². The van der Waals surface area contributed by atoms with E-state index in [0.29, 0.717) is 17.9 Å². The number of hydrogen-bond acceptors (Lipinski definition) is 10. The molecule has 10 heteroatoms. The van der Waals surface area contributed by atoms with E-state index in [9.17, 15) is 9.59 Å². The van der Waals surface area contributed by atoms with Crippen molar-refractivity contribution in [1.82, 2.24) is 4.90 Å². The number of carbonyl (C=O) groups excluding carboxylic acids is 2.